The van der Waals surface area contributed by atoms with Crippen LogP contribution >= 0.6 is 0 Å². The van der Waals surface area contributed by atoms with Gasteiger partial charge in [0, 0.05) is 44.0 Å². The van der Waals surface area contributed by atoms with E-state index in [0.717, 1.165) is 0 Å². The highest BCUT2D eigenvalue weighted by molar-refractivity contribution is 6.00. The number of anilines is 2. The molecule has 1 aromatic heterocycles. The number of benzene rings is 1. The van der Waals surface area contributed by atoms with E-state index in [1.807, 2.05) is 0 Å². The van der Waals surface area contributed by atoms with Gasteiger partial charge in [0.15, 0.2) is 0 Å². The van der Waals surface area contributed by atoms with Gasteiger partial charge in [0.25, 0.3) is 11.6 Å². The number of H-pyrrole nitrogens is 1. The Morgan fingerprint density at radius 3 is 2.80 bits per heavy atom. The molecule has 2 amide bonds. The lowest BCUT2D eigenvalue weighted by Crippen LogP contribution is -2.26. The van der Waals surface area contributed by atoms with E-state index in [-0.39, 0.29) is 30.1 Å². The average molecular weight is 346 g/mol. The molecule has 25 heavy (non-hydrogen) atoms. The maximum absolute atomic E-state index is 12.2. The number of carbonyl (C=O) groups excluding carboxylic acids is 2. The van der Waals surface area contributed by atoms with Crippen molar-refractivity contribution in [3.63, 3.8) is 0 Å². The third-order valence-electron chi connectivity index (χ3n) is 3.38. The Balaban J connectivity index is 1.84. The molecule has 132 valence electrons. The molecule has 10 heteroatoms. The number of hydrogen-bond acceptors (Lipinski definition) is 6. The van der Waals surface area contributed by atoms with Gasteiger partial charge in [-0.25, -0.2) is 0 Å². The number of aromatic amines is 1. The number of non-ortho nitro benzene ring substituents is 1. The number of carbonyl (C=O) groups is 2. The first-order valence-electron chi connectivity index (χ1n) is 7.54. The van der Waals surface area contributed by atoms with E-state index in [4.69, 9.17) is 0 Å². The molecule has 0 saturated heterocycles. The Labute approximate surface area is 143 Å². The summed E-state index contributed by atoms with van der Waals surface area (Å²) in [6.07, 6.45) is 3.70. The van der Waals surface area contributed by atoms with E-state index in [0.29, 0.717) is 17.8 Å². The molecule has 0 aliphatic rings. The van der Waals surface area contributed by atoms with E-state index in [9.17, 15) is 19.7 Å². The smallest absolute Gasteiger partial charge is 0.270 e. The highest BCUT2D eigenvalue weighted by Crippen LogP contribution is 2.21. The van der Waals surface area contributed by atoms with Crippen LogP contribution in [0.15, 0.2) is 30.6 Å². The number of nitro benzene ring substituents is 1. The molecule has 0 spiro atoms. The molecule has 0 atom stereocenters. The molecule has 0 fully saturated rings. The number of rotatable bonds is 8. The molecular weight excluding hydrogens is 328 g/mol. The van der Waals surface area contributed by atoms with Gasteiger partial charge in [0.1, 0.15) is 0 Å². The van der Waals surface area contributed by atoms with Crippen LogP contribution < -0.4 is 16.0 Å². The van der Waals surface area contributed by atoms with Crippen LogP contribution in [0.1, 0.15) is 23.2 Å². The zero-order valence-electron chi connectivity index (χ0n) is 13.5. The minimum Gasteiger partial charge on any atom is -0.387 e. The number of amides is 2. The first-order valence-corrected chi connectivity index (χ1v) is 7.54. The molecular formula is C15H18N6O4. The van der Waals surface area contributed by atoms with Crippen LogP contribution in [0.5, 0.6) is 0 Å². The SMILES string of the molecule is CNc1ccc([N+](=O)[O-])cc1C(=O)NCCCC(=O)Nc1cn[nH]c1. The first-order chi connectivity index (χ1) is 12.0. The molecule has 0 aliphatic heterocycles. The highest BCUT2D eigenvalue weighted by atomic mass is 16.6. The fourth-order valence-electron chi connectivity index (χ4n) is 2.14. The molecule has 2 rings (SSSR count). The fraction of sp³-hybridized carbons (Fsp3) is 0.267. The molecule has 0 radical (unpaired) electrons. The van der Waals surface area contributed by atoms with Crippen LogP contribution in [0.4, 0.5) is 17.1 Å². The standard InChI is InChI=1S/C15H18N6O4/c1-16-13-5-4-11(21(24)25)7-12(13)15(23)17-6-2-3-14(22)20-10-8-18-19-9-10/h4-5,7-9,16H,2-3,6H2,1H3,(H,17,23)(H,18,19)(H,20,22). The molecule has 2 aromatic rings. The van der Waals surface area contributed by atoms with Gasteiger partial charge in [-0.1, -0.05) is 0 Å². The molecule has 1 heterocycles. The molecule has 0 saturated carbocycles. The van der Waals surface area contributed by atoms with Crippen LogP contribution in [0.25, 0.3) is 0 Å². The van der Waals surface area contributed by atoms with E-state index >= 15 is 0 Å². The summed E-state index contributed by atoms with van der Waals surface area (Å²) in [5.41, 5.74) is 1.08. The van der Waals surface area contributed by atoms with Gasteiger partial charge in [0.2, 0.25) is 5.91 Å². The second kappa shape index (κ2) is 8.43. The first kappa shape index (κ1) is 17.9. The summed E-state index contributed by atoms with van der Waals surface area (Å²) < 4.78 is 0. The number of nitrogens with one attached hydrogen (secondary N) is 4. The number of aromatic nitrogens is 2. The normalized spacial score (nSPS) is 10.1. The second-order valence-corrected chi connectivity index (χ2v) is 5.13. The van der Waals surface area contributed by atoms with Crippen molar-refractivity contribution in [3.05, 3.63) is 46.3 Å². The van der Waals surface area contributed by atoms with E-state index < -0.39 is 10.8 Å². The summed E-state index contributed by atoms with van der Waals surface area (Å²) in [5, 5.41) is 25.3. The van der Waals surface area contributed by atoms with Crippen molar-refractivity contribution < 1.29 is 14.5 Å². The summed E-state index contributed by atoms with van der Waals surface area (Å²) in [4.78, 5) is 34.2. The molecule has 0 bridgehead atoms. The van der Waals surface area contributed by atoms with Crippen molar-refractivity contribution in [1.29, 1.82) is 0 Å². The van der Waals surface area contributed by atoms with Gasteiger partial charge >= 0.3 is 0 Å². The van der Waals surface area contributed by atoms with E-state index in [1.165, 1.54) is 24.4 Å². The van der Waals surface area contributed by atoms with Crippen LogP contribution in [-0.4, -0.2) is 40.5 Å². The van der Waals surface area contributed by atoms with Gasteiger partial charge < -0.3 is 16.0 Å². The Kier molecular flexibility index (Phi) is 6.04. The van der Waals surface area contributed by atoms with Crippen molar-refractivity contribution in [2.24, 2.45) is 0 Å². The second-order valence-electron chi connectivity index (χ2n) is 5.13. The Morgan fingerprint density at radius 1 is 1.36 bits per heavy atom. The predicted octanol–water partition coefficient (Wildman–Crippen LogP) is 1.51. The summed E-state index contributed by atoms with van der Waals surface area (Å²) in [7, 11) is 1.62. The highest BCUT2D eigenvalue weighted by Gasteiger charge is 2.16. The topological polar surface area (TPSA) is 142 Å². The van der Waals surface area contributed by atoms with Crippen molar-refractivity contribution >= 4 is 28.9 Å². The third kappa shape index (κ3) is 5.03. The minimum atomic E-state index is -0.559. The van der Waals surface area contributed by atoms with Crippen molar-refractivity contribution in [1.82, 2.24) is 15.5 Å². The van der Waals surface area contributed by atoms with E-state index in [1.54, 1.807) is 13.2 Å². The monoisotopic (exact) mass is 346 g/mol. The van der Waals surface area contributed by atoms with Crippen molar-refractivity contribution in [2.75, 3.05) is 24.2 Å². The summed E-state index contributed by atoms with van der Waals surface area (Å²) in [6.45, 7) is 0.267. The summed E-state index contributed by atoms with van der Waals surface area (Å²) >= 11 is 0. The maximum Gasteiger partial charge on any atom is 0.270 e. The molecule has 0 unspecified atom stereocenters. The van der Waals surface area contributed by atoms with Gasteiger partial charge in [-0.05, 0) is 12.5 Å². The summed E-state index contributed by atoms with van der Waals surface area (Å²) in [5.74, 6) is -0.634. The lowest BCUT2D eigenvalue weighted by atomic mass is 10.1. The predicted molar refractivity (Wildman–Crippen MR) is 91.4 cm³/mol. The number of hydrogen-bond donors (Lipinski definition) is 4. The molecule has 1 aromatic carbocycles. The molecule has 4 N–H and O–H groups in total. The molecule has 10 nitrogen and oxygen atoms in total. The quantitative estimate of drug-likeness (QED) is 0.324. The molecule has 0 aliphatic carbocycles. The zero-order valence-corrected chi connectivity index (χ0v) is 13.5. The van der Waals surface area contributed by atoms with Crippen LogP contribution in [-0.2, 0) is 4.79 Å². The van der Waals surface area contributed by atoms with Crippen molar-refractivity contribution in [3.8, 4) is 0 Å². The van der Waals surface area contributed by atoms with E-state index in [2.05, 4.69) is 26.1 Å². The minimum absolute atomic E-state index is 0.163. The number of nitrogens with zero attached hydrogens (tertiary/aromatic N) is 2. The Hall–Kier alpha value is -3.43. The Morgan fingerprint density at radius 2 is 2.16 bits per heavy atom. The lowest BCUT2D eigenvalue weighted by molar-refractivity contribution is -0.384. The summed E-state index contributed by atoms with van der Waals surface area (Å²) in [6, 6.07) is 4.01. The van der Waals surface area contributed by atoms with Gasteiger partial charge in [-0.3, -0.25) is 24.8 Å². The lowest BCUT2D eigenvalue weighted by Gasteiger charge is -2.10. The van der Waals surface area contributed by atoms with Gasteiger partial charge in [-0.2, -0.15) is 5.10 Å². The number of nitro groups is 1. The average Bonchev–Trinajstić information content (AvgIpc) is 3.10. The third-order valence-corrected chi connectivity index (χ3v) is 3.38. The van der Waals surface area contributed by atoms with Crippen LogP contribution in [0.3, 0.4) is 0 Å². The Bertz CT molecular complexity index is 759. The van der Waals surface area contributed by atoms with Crippen molar-refractivity contribution in [2.45, 2.75) is 12.8 Å². The van der Waals surface area contributed by atoms with Crippen LogP contribution in [0.2, 0.25) is 0 Å². The van der Waals surface area contributed by atoms with Crippen LogP contribution in [0, 0.1) is 10.1 Å². The fourth-order valence-corrected chi connectivity index (χ4v) is 2.14. The maximum atomic E-state index is 12.2. The largest absolute Gasteiger partial charge is 0.387 e. The van der Waals surface area contributed by atoms with Gasteiger partial charge in [0.05, 0.1) is 22.4 Å². The zero-order chi connectivity index (χ0) is 18.2. The van der Waals surface area contributed by atoms with Gasteiger partial charge in [-0.15, -0.1) is 0 Å².